The number of benzene rings is 1. The molecule has 1 aliphatic heterocycles. The minimum absolute atomic E-state index is 0.557. The maximum atomic E-state index is 5.86. The van der Waals surface area contributed by atoms with Crippen molar-refractivity contribution in [2.24, 2.45) is 0 Å². The minimum atomic E-state index is 0.557. The number of aromatic nitrogens is 5. The first-order valence-electron chi connectivity index (χ1n) is 11.1. The molecule has 1 aliphatic rings. The van der Waals surface area contributed by atoms with Gasteiger partial charge in [-0.2, -0.15) is 5.10 Å². The second kappa shape index (κ2) is 8.99. The SMILES string of the molecule is Cc1cc(N)nc(C)c1CNc1ncnc2c1CN(Cc1ccc(Cn3cccn3)cc1)C2. The molecule has 0 atom stereocenters. The van der Waals surface area contributed by atoms with Crippen molar-refractivity contribution >= 4 is 11.6 Å². The van der Waals surface area contributed by atoms with Crippen molar-refractivity contribution in [2.75, 3.05) is 11.1 Å². The molecule has 0 saturated heterocycles. The Labute approximate surface area is 193 Å². The van der Waals surface area contributed by atoms with Crippen molar-refractivity contribution in [3.05, 3.63) is 94.3 Å². The Balaban J connectivity index is 1.23. The summed E-state index contributed by atoms with van der Waals surface area (Å²) in [4.78, 5) is 15.9. The molecule has 0 amide bonds. The fourth-order valence-corrected chi connectivity index (χ4v) is 4.42. The molecule has 4 aromatic rings. The number of hydrogen-bond acceptors (Lipinski definition) is 7. The molecular weight excluding hydrogens is 412 g/mol. The zero-order chi connectivity index (χ0) is 22.8. The third-order valence-corrected chi connectivity index (χ3v) is 6.13. The van der Waals surface area contributed by atoms with E-state index in [1.807, 2.05) is 29.9 Å². The van der Waals surface area contributed by atoms with Crippen LogP contribution in [-0.2, 0) is 32.7 Å². The molecule has 4 heterocycles. The Kier molecular flexibility index (Phi) is 5.75. The topological polar surface area (TPSA) is 97.8 Å². The van der Waals surface area contributed by atoms with E-state index in [4.69, 9.17) is 5.73 Å². The summed E-state index contributed by atoms with van der Waals surface area (Å²) in [5.41, 5.74) is 13.9. The van der Waals surface area contributed by atoms with Gasteiger partial charge in [-0.25, -0.2) is 15.0 Å². The molecule has 0 aliphatic carbocycles. The summed E-state index contributed by atoms with van der Waals surface area (Å²) in [7, 11) is 0. The Morgan fingerprint density at radius 2 is 1.82 bits per heavy atom. The lowest BCUT2D eigenvalue weighted by molar-refractivity contribution is 0.274. The third kappa shape index (κ3) is 4.70. The molecule has 0 bridgehead atoms. The quantitative estimate of drug-likeness (QED) is 0.454. The number of rotatable bonds is 7. The average Bonchev–Trinajstić information content (AvgIpc) is 3.44. The van der Waals surface area contributed by atoms with E-state index in [1.54, 1.807) is 12.5 Å². The number of anilines is 2. The fourth-order valence-electron chi connectivity index (χ4n) is 4.42. The molecule has 3 aromatic heterocycles. The van der Waals surface area contributed by atoms with E-state index < -0.39 is 0 Å². The van der Waals surface area contributed by atoms with Gasteiger partial charge < -0.3 is 11.1 Å². The summed E-state index contributed by atoms with van der Waals surface area (Å²) in [6.07, 6.45) is 5.43. The van der Waals surface area contributed by atoms with Gasteiger partial charge in [-0.3, -0.25) is 9.58 Å². The Hall–Kier alpha value is -3.78. The maximum absolute atomic E-state index is 5.86. The van der Waals surface area contributed by atoms with Crippen LogP contribution in [-0.4, -0.2) is 29.6 Å². The van der Waals surface area contributed by atoms with Crippen LogP contribution in [0.3, 0.4) is 0 Å². The third-order valence-electron chi connectivity index (χ3n) is 6.13. The molecule has 3 N–H and O–H groups in total. The van der Waals surface area contributed by atoms with E-state index in [1.165, 1.54) is 16.7 Å². The molecule has 0 spiro atoms. The van der Waals surface area contributed by atoms with E-state index >= 15 is 0 Å². The first kappa shape index (κ1) is 21.1. The van der Waals surface area contributed by atoms with Crippen molar-refractivity contribution in [3.63, 3.8) is 0 Å². The minimum Gasteiger partial charge on any atom is -0.384 e. The van der Waals surface area contributed by atoms with E-state index in [2.05, 4.69) is 61.5 Å². The average molecular weight is 441 g/mol. The van der Waals surface area contributed by atoms with Gasteiger partial charge in [-0.1, -0.05) is 24.3 Å². The first-order valence-corrected chi connectivity index (χ1v) is 11.1. The standard InChI is InChI=1S/C25H28N8/c1-17-10-24(26)31-18(2)21(17)11-27-25-22-14-32(15-23(22)28-16-29-25)12-19-4-6-20(7-5-19)13-33-9-3-8-30-33/h3-10,16H,11-15H2,1-2H3,(H2,26,31)(H,27,28,29). The highest BCUT2D eigenvalue weighted by atomic mass is 15.3. The Bertz CT molecular complexity index is 1230. The van der Waals surface area contributed by atoms with Crippen LogP contribution in [0.15, 0.2) is 55.1 Å². The van der Waals surface area contributed by atoms with Crippen molar-refractivity contribution in [1.82, 2.24) is 29.6 Å². The van der Waals surface area contributed by atoms with Crippen LogP contribution in [0.2, 0.25) is 0 Å². The van der Waals surface area contributed by atoms with Gasteiger partial charge >= 0.3 is 0 Å². The molecule has 5 rings (SSSR count). The number of fused-ring (bicyclic) bond motifs is 1. The number of nitrogens with one attached hydrogen (secondary N) is 1. The number of aryl methyl sites for hydroxylation is 2. The lowest BCUT2D eigenvalue weighted by Gasteiger charge is -2.15. The zero-order valence-electron chi connectivity index (χ0n) is 19.0. The lowest BCUT2D eigenvalue weighted by Crippen LogP contribution is -2.16. The van der Waals surface area contributed by atoms with Crippen LogP contribution in [0.25, 0.3) is 0 Å². The fraction of sp³-hybridized carbons (Fsp3) is 0.280. The van der Waals surface area contributed by atoms with Crippen LogP contribution in [0, 0.1) is 13.8 Å². The van der Waals surface area contributed by atoms with Gasteiger partial charge in [0.1, 0.15) is 18.0 Å². The molecule has 8 nitrogen and oxygen atoms in total. The van der Waals surface area contributed by atoms with E-state index in [0.717, 1.165) is 54.5 Å². The smallest absolute Gasteiger partial charge is 0.134 e. The van der Waals surface area contributed by atoms with Crippen LogP contribution in [0.4, 0.5) is 11.6 Å². The molecular formula is C25H28N8. The number of pyridine rings is 1. The van der Waals surface area contributed by atoms with Gasteiger partial charge in [-0.05, 0) is 48.2 Å². The second-order valence-electron chi connectivity index (χ2n) is 8.59. The van der Waals surface area contributed by atoms with Crippen LogP contribution < -0.4 is 11.1 Å². The molecule has 1 aromatic carbocycles. The van der Waals surface area contributed by atoms with Gasteiger partial charge in [0.25, 0.3) is 0 Å². The monoisotopic (exact) mass is 440 g/mol. The van der Waals surface area contributed by atoms with Gasteiger partial charge in [-0.15, -0.1) is 0 Å². The number of nitrogens with two attached hydrogens (primary N) is 1. The Morgan fingerprint density at radius 1 is 1.03 bits per heavy atom. The summed E-state index contributed by atoms with van der Waals surface area (Å²) in [5, 5.41) is 7.79. The summed E-state index contributed by atoms with van der Waals surface area (Å²) >= 11 is 0. The lowest BCUT2D eigenvalue weighted by atomic mass is 10.1. The maximum Gasteiger partial charge on any atom is 0.134 e. The summed E-state index contributed by atoms with van der Waals surface area (Å²) in [5.74, 6) is 1.45. The van der Waals surface area contributed by atoms with Crippen molar-refractivity contribution in [3.8, 4) is 0 Å². The molecule has 0 saturated carbocycles. The largest absolute Gasteiger partial charge is 0.384 e. The highest BCUT2D eigenvalue weighted by molar-refractivity contribution is 5.49. The summed E-state index contributed by atoms with van der Waals surface area (Å²) in [6.45, 7) is 8.02. The second-order valence-corrected chi connectivity index (χ2v) is 8.59. The normalized spacial score (nSPS) is 13.3. The predicted octanol–water partition coefficient (Wildman–Crippen LogP) is 3.44. The van der Waals surface area contributed by atoms with E-state index in [-0.39, 0.29) is 0 Å². The van der Waals surface area contributed by atoms with Gasteiger partial charge in [0.05, 0.1) is 12.2 Å². The van der Waals surface area contributed by atoms with E-state index in [0.29, 0.717) is 12.4 Å². The van der Waals surface area contributed by atoms with Crippen molar-refractivity contribution < 1.29 is 0 Å². The molecule has 0 radical (unpaired) electrons. The van der Waals surface area contributed by atoms with Crippen LogP contribution in [0.5, 0.6) is 0 Å². The highest BCUT2D eigenvalue weighted by Gasteiger charge is 2.24. The van der Waals surface area contributed by atoms with Crippen molar-refractivity contribution in [2.45, 2.75) is 46.6 Å². The highest BCUT2D eigenvalue weighted by Crippen LogP contribution is 2.28. The molecule has 8 heteroatoms. The molecule has 0 fully saturated rings. The van der Waals surface area contributed by atoms with E-state index in [9.17, 15) is 0 Å². The first-order chi connectivity index (χ1) is 16.0. The number of hydrogen-bond donors (Lipinski definition) is 2. The van der Waals surface area contributed by atoms with Crippen LogP contribution >= 0.6 is 0 Å². The van der Waals surface area contributed by atoms with Crippen molar-refractivity contribution in [1.29, 1.82) is 0 Å². The van der Waals surface area contributed by atoms with Crippen LogP contribution in [0.1, 0.15) is 39.2 Å². The Morgan fingerprint density at radius 3 is 2.55 bits per heavy atom. The molecule has 33 heavy (non-hydrogen) atoms. The number of nitrogens with zero attached hydrogens (tertiary/aromatic N) is 6. The molecule has 168 valence electrons. The predicted molar refractivity (Wildman–Crippen MR) is 128 cm³/mol. The molecule has 0 unspecified atom stereocenters. The summed E-state index contributed by atoms with van der Waals surface area (Å²) < 4.78 is 1.93. The summed E-state index contributed by atoms with van der Waals surface area (Å²) in [6, 6.07) is 12.6. The van der Waals surface area contributed by atoms with Gasteiger partial charge in [0.15, 0.2) is 0 Å². The van der Waals surface area contributed by atoms with Gasteiger partial charge in [0, 0.05) is 49.8 Å². The number of nitrogen functional groups attached to an aromatic ring is 1. The zero-order valence-corrected chi connectivity index (χ0v) is 19.0. The van der Waals surface area contributed by atoms with Gasteiger partial charge in [0.2, 0.25) is 0 Å².